The van der Waals surface area contributed by atoms with E-state index < -0.39 is 0 Å². The number of carbonyl (C=O) groups is 1. The standard InChI is InChI=1S/C13H15ClN4OS/c1-2-9-7-10-11(15-13(14)16-12(10)20-9)18-5-3-17(8-19)4-6-18/h7-8H,2-6H2,1H3. The maximum atomic E-state index is 10.8. The minimum absolute atomic E-state index is 0.287. The Morgan fingerprint density at radius 1 is 1.35 bits per heavy atom. The summed E-state index contributed by atoms with van der Waals surface area (Å²) in [4.78, 5) is 25.7. The Hall–Kier alpha value is -1.40. The van der Waals surface area contributed by atoms with Crippen LogP contribution in [0.15, 0.2) is 6.07 Å². The number of nitrogens with zero attached hydrogens (tertiary/aromatic N) is 4. The van der Waals surface area contributed by atoms with Gasteiger partial charge in [0, 0.05) is 31.1 Å². The molecule has 1 fully saturated rings. The summed E-state index contributed by atoms with van der Waals surface area (Å²) in [6.45, 7) is 5.12. The van der Waals surface area contributed by atoms with Crippen LogP contribution in [0.25, 0.3) is 10.2 Å². The monoisotopic (exact) mass is 310 g/mol. The first-order valence-electron chi connectivity index (χ1n) is 6.61. The zero-order chi connectivity index (χ0) is 14.1. The quantitative estimate of drug-likeness (QED) is 0.644. The topological polar surface area (TPSA) is 49.3 Å². The van der Waals surface area contributed by atoms with Crippen LogP contribution in [-0.4, -0.2) is 47.5 Å². The fourth-order valence-corrected chi connectivity index (χ4v) is 3.56. The molecule has 0 spiro atoms. The predicted octanol–water partition coefficient (Wildman–Crippen LogP) is 2.19. The largest absolute Gasteiger partial charge is 0.352 e. The van der Waals surface area contributed by atoms with E-state index in [4.69, 9.17) is 11.6 Å². The van der Waals surface area contributed by atoms with Crippen LogP contribution < -0.4 is 4.90 Å². The number of hydrogen-bond donors (Lipinski definition) is 0. The highest BCUT2D eigenvalue weighted by atomic mass is 35.5. The molecule has 0 bridgehead atoms. The summed E-state index contributed by atoms with van der Waals surface area (Å²) >= 11 is 7.71. The number of hydrogen-bond acceptors (Lipinski definition) is 5. The predicted molar refractivity (Wildman–Crippen MR) is 81.7 cm³/mol. The van der Waals surface area contributed by atoms with Crippen LogP contribution >= 0.6 is 22.9 Å². The van der Waals surface area contributed by atoms with Crippen molar-refractivity contribution in [1.82, 2.24) is 14.9 Å². The van der Waals surface area contributed by atoms with Gasteiger partial charge in [0.1, 0.15) is 10.6 Å². The summed E-state index contributed by atoms with van der Waals surface area (Å²) in [5.74, 6) is 0.890. The van der Waals surface area contributed by atoms with Crippen LogP contribution in [0.3, 0.4) is 0 Å². The first kappa shape index (κ1) is 13.6. The number of amides is 1. The number of carbonyl (C=O) groups excluding carboxylic acids is 1. The van der Waals surface area contributed by atoms with Crippen molar-refractivity contribution in [1.29, 1.82) is 0 Å². The molecule has 0 atom stereocenters. The lowest BCUT2D eigenvalue weighted by atomic mass is 10.2. The van der Waals surface area contributed by atoms with Crippen LogP contribution in [0.2, 0.25) is 5.28 Å². The molecular formula is C13H15ClN4OS. The molecule has 2 aromatic rings. The molecule has 5 nitrogen and oxygen atoms in total. The van der Waals surface area contributed by atoms with E-state index in [0.29, 0.717) is 0 Å². The van der Waals surface area contributed by atoms with Crippen molar-refractivity contribution in [2.24, 2.45) is 0 Å². The maximum Gasteiger partial charge on any atom is 0.225 e. The van der Waals surface area contributed by atoms with E-state index in [2.05, 4.69) is 27.9 Å². The summed E-state index contributed by atoms with van der Waals surface area (Å²) in [6.07, 6.45) is 1.89. The molecule has 0 saturated carbocycles. The third kappa shape index (κ3) is 2.45. The van der Waals surface area contributed by atoms with E-state index in [9.17, 15) is 4.79 Å². The zero-order valence-electron chi connectivity index (χ0n) is 11.2. The van der Waals surface area contributed by atoms with Gasteiger partial charge in [-0.3, -0.25) is 4.79 Å². The van der Waals surface area contributed by atoms with Gasteiger partial charge >= 0.3 is 0 Å². The molecule has 1 aliphatic heterocycles. The van der Waals surface area contributed by atoms with Crippen LogP contribution in [0, 0.1) is 0 Å². The van der Waals surface area contributed by atoms with E-state index in [0.717, 1.165) is 55.0 Å². The van der Waals surface area contributed by atoms with Crippen molar-refractivity contribution in [2.45, 2.75) is 13.3 Å². The Morgan fingerprint density at radius 2 is 2.10 bits per heavy atom. The lowest BCUT2D eigenvalue weighted by molar-refractivity contribution is -0.118. The molecule has 0 radical (unpaired) electrons. The highest BCUT2D eigenvalue weighted by molar-refractivity contribution is 7.18. The minimum Gasteiger partial charge on any atom is -0.352 e. The zero-order valence-corrected chi connectivity index (χ0v) is 12.7. The van der Waals surface area contributed by atoms with Crippen LogP contribution in [-0.2, 0) is 11.2 Å². The first-order valence-corrected chi connectivity index (χ1v) is 7.81. The highest BCUT2D eigenvalue weighted by Crippen LogP contribution is 2.32. The molecule has 0 N–H and O–H groups in total. The molecule has 3 heterocycles. The molecule has 1 amide bonds. The third-order valence-corrected chi connectivity index (χ3v) is 4.85. The SMILES string of the molecule is CCc1cc2c(N3CCN(C=O)CC3)nc(Cl)nc2s1. The van der Waals surface area contributed by atoms with Gasteiger partial charge in [-0.15, -0.1) is 11.3 Å². The molecule has 0 aliphatic carbocycles. The summed E-state index contributed by atoms with van der Waals surface area (Å²) in [7, 11) is 0. The number of piperazine rings is 1. The van der Waals surface area contributed by atoms with E-state index in [1.807, 2.05) is 0 Å². The second kappa shape index (κ2) is 5.54. The molecule has 2 aromatic heterocycles. The number of aromatic nitrogens is 2. The Bertz CT molecular complexity index is 637. The minimum atomic E-state index is 0.287. The second-order valence-corrected chi connectivity index (χ2v) is 6.18. The Labute approximate surface area is 126 Å². The van der Waals surface area contributed by atoms with E-state index in [-0.39, 0.29) is 5.28 Å². The lowest BCUT2D eigenvalue weighted by Crippen LogP contribution is -2.46. The van der Waals surface area contributed by atoms with Crippen molar-refractivity contribution in [3.8, 4) is 0 Å². The van der Waals surface area contributed by atoms with Crippen molar-refractivity contribution < 1.29 is 4.79 Å². The van der Waals surface area contributed by atoms with Gasteiger partial charge in [-0.05, 0) is 24.1 Å². The van der Waals surface area contributed by atoms with Gasteiger partial charge in [-0.2, -0.15) is 4.98 Å². The van der Waals surface area contributed by atoms with Crippen molar-refractivity contribution in [3.63, 3.8) is 0 Å². The fraction of sp³-hybridized carbons (Fsp3) is 0.462. The Kier molecular flexibility index (Phi) is 3.76. The van der Waals surface area contributed by atoms with Crippen LogP contribution in [0.4, 0.5) is 5.82 Å². The summed E-state index contributed by atoms with van der Waals surface area (Å²) in [5.41, 5.74) is 0. The van der Waals surface area contributed by atoms with E-state index in [1.165, 1.54) is 4.88 Å². The summed E-state index contributed by atoms with van der Waals surface area (Å²) in [5, 5.41) is 1.35. The number of rotatable bonds is 3. The molecule has 0 aromatic carbocycles. The first-order chi connectivity index (χ1) is 9.71. The van der Waals surface area contributed by atoms with E-state index in [1.54, 1.807) is 16.2 Å². The normalized spacial score (nSPS) is 15.9. The fourth-order valence-electron chi connectivity index (χ4n) is 2.39. The van der Waals surface area contributed by atoms with Crippen molar-refractivity contribution >= 4 is 45.4 Å². The molecule has 3 rings (SSSR count). The molecule has 106 valence electrons. The van der Waals surface area contributed by atoms with Crippen molar-refractivity contribution in [3.05, 3.63) is 16.2 Å². The average molecular weight is 311 g/mol. The molecule has 1 saturated heterocycles. The van der Waals surface area contributed by atoms with Crippen LogP contribution in [0.1, 0.15) is 11.8 Å². The molecule has 20 heavy (non-hydrogen) atoms. The van der Waals surface area contributed by atoms with Gasteiger partial charge in [-0.1, -0.05) is 6.92 Å². The molecular weight excluding hydrogens is 296 g/mol. The smallest absolute Gasteiger partial charge is 0.225 e. The third-order valence-electron chi connectivity index (χ3n) is 3.51. The van der Waals surface area contributed by atoms with E-state index >= 15 is 0 Å². The Morgan fingerprint density at radius 3 is 2.75 bits per heavy atom. The van der Waals surface area contributed by atoms with Gasteiger partial charge in [0.25, 0.3) is 0 Å². The van der Waals surface area contributed by atoms with Crippen molar-refractivity contribution in [2.75, 3.05) is 31.1 Å². The average Bonchev–Trinajstić information content (AvgIpc) is 2.89. The van der Waals surface area contributed by atoms with Crippen LogP contribution in [0.5, 0.6) is 0 Å². The number of thiophene rings is 1. The second-order valence-electron chi connectivity index (χ2n) is 4.73. The number of halogens is 1. The molecule has 0 unspecified atom stereocenters. The number of aryl methyl sites for hydroxylation is 1. The van der Waals surface area contributed by atoms with Gasteiger partial charge in [-0.25, -0.2) is 4.98 Å². The lowest BCUT2D eigenvalue weighted by Gasteiger charge is -2.33. The van der Waals surface area contributed by atoms with Gasteiger partial charge in [0.2, 0.25) is 11.7 Å². The van der Waals surface area contributed by atoms with Gasteiger partial charge < -0.3 is 9.80 Å². The molecule has 7 heteroatoms. The summed E-state index contributed by atoms with van der Waals surface area (Å²) < 4.78 is 0. The Balaban J connectivity index is 1.98. The highest BCUT2D eigenvalue weighted by Gasteiger charge is 2.20. The molecule has 1 aliphatic rings. The number of anilines is 1. The van der Waals surface area contributed by atoms with Gasteiger partial charge in [0.05, 0.1) is 5.39 Å². The van der Waals surface area contributed by atoms with Gasteiger partial charge in [0.15, 0.2) is 0 Å². The maximum absolute atomic E-state index is 10.8. The summed E-state index contributed by atoms with van der Waals surface area (Å²) in [6, 6.07) is 2.15. The number of fused-ring (bicyclic) bond motifs is 1.